The number of halogens is 1. The van der Waals surface area contributed by atoms with Crippen molar-refractivity contribution in [2.45, 2.75) is 19.0 Å². The Morgan fingerprint density at radius 3 is 2.81 bits per heavy atom. The van der Waals surface area contributed by atoms with Crippen molar-refractivity contribution in [1.82, 2.24) is 14.9 Å². The highest BCUT2D eigenvalue weighted by atomic mass is 35.5. The fourth-order valence-electron chi connectivity index (χ4n) is 2.40. The third-order valence-electron chi connectivity index (χ3n) is 3.75. The first-order valence-electron chi connectivity index (χ1n) is 7.90. The van der Waals surface area contributed by atoms with E-state index in [0.29, 0.717) is 21.7 Å². The molecule has 0 aliphatic heterocycles. The van der Waals surface area contributed by atoms with E-state index >= 15 is 0 Å². The highest BCUT2D eigenvalue weighted by Gasteiger charge is 2.14. The number of thioether (sulfide) groups is 1. The molecule has 6 nitrogen and oxygen atoms in total. The van der Waals surface area contributed by atoms with Crippen molar-refractivity contribution in [3.63, 3.8) is 0 Å². The molecule has 0 unspecified atom stereocenters. The number of benzene rings is 2. The maximum absolute atomic E-state index is 12.2. The van der Waals surface area contributed by atoms with Crippen LogP contribution in [-0.2, 0) is 4.79 Å². The van der Waals surface area contributed by atoms with Crippen LogP contribution < -0.4 is 11.2 Å². The summed E-state index contributed by atoms with van der Waals surface area (Å²) in [5, 5.41) is 12.1. The number of amides is 1. The number of carbonyl (C=O) groups is 1. The minimum Gasteiger partial charge on any atom is -0.335 e. The van der Waals surface area contributed by atoms with Crippen LogP contribution in [0, 0.1) is 13.8 Å². The maximum atomic E-state index is 12.2. The minimum atomic E-state index is -0.166. The van der Waals surface area contributed by atoms with Gasteiger partial charge in [-0.05, 0) is 37.6 Å². The molecule has 1 amide bonds. The SMILES string of the molecule is Cc1cccc(-c2nnc(SCC(=O)Nc3cc(Cl)ccc3C)n2N)c1. The lowest BCUT2D eigenvalue weighted by molar-refractivity contribution is -0.113. The van der Waals surface area contributed by atoms with Gasteiger partial charge in [-0.3, -0.25) is 4.79 Å². The van der Waals surface area contributed by atoms with E-state index in [2.05, 4.69) is 15.5 Å². The average Bonchev–Trinajstić information content (AvgIpc) is 2.97. The molecule has 8 heteroatoms. The monoisotopic (exact) mass is 387 g/mol. The Hall–Kier alpha value is -2.51. The molecule has 3 N–H and O–H groups in total. The number of nitrogens with one attached hydrogen (secondary N) is 1. The van der Waals surface area contributed by atoms with E-state index in [1.807, 2.05) is 44.2 Å². The predicted molar refractivity (Wildman–Crippen MR) is 106 cm³/mol. The Balaban J connectivity index is 1.67. The van der Waals surface area contributed by atoms with Crippen LogP contribution in [0.2, 0.25) is 5.02 Å². The predicted octanol–water partition coefficient (Wildman–Crippen LogP) is 3.66. The van der Waals surface area contributed by atoms with Gasteiger partial charge in [-0.15, -0.1) is 10.2 Å². The number of anilines is 1. The fraction of sp³-hybridized carbons (Fsp3) is 0.167. The van der Waals surface area contributed by atoms with E-state index in [9.17, 15) is 4.79 Å². The van der Waals surface area contributed by atoms with Crippen molar-refractivity contribution in [2.24, 2.45) is 0 Å². The number of nitrogens with zero attached hydrogens (tertiary/aromatic N) is 3. The van der Waals surface area contributed by atoms with Crippen LogP contribution in [0.5, 0.6) is 0 Å². The molecule has 1 heterocycles. The van der Waals surface area contributed by atoms with Crippen LogP contribution in [0.4, 0.5) is 5.69 Å². The van der Waals surface area contributed by atoms with Crippen molar-refractivity contribution in [3.8, 4) is 11.4 Å². The molecule has 134 valence electrons. The summed E-state index contributed by atoms with van der Waals surface area (Å²) in [6, 6.07) is 13.2. The van der Waals surface area contributed by atoms with Gasteiger partial charge in [-0.1, -0.05) is 53.2 Å². The molecule has 2 aromatic carbocycles. The lowest BCUT2D eigenvalue weighted by Gasteiger charge is -2.08. The fourth-order valence-corrected chi connectivity index (χ4v) is 3.23. The zero-order valence-electron chi connectivity index (χ0n) is 14.4. The van der Waals surface area contributed by atoms with Crippen LogP contribution in [-0.4, -0.2) is 26.5 Å². The number of aromatic nitrogens is 3. The standard InChI is InChI=1S/C18H18ClN5OS/c1-11-4-3-5-13(8-11)17-22-23-18(24(17)20)26-10-16(25)21-15-9-14(19)7-6-12(15)2/h3-9H,10,20H2,1-2H3,(H,21,25). The van der Waals surface area contributed by atoms with Crippen molar-refractivity contribution in [1.29, 1.82) is 0 Å². The molecule has 3 rings (SSSR count). The summed E-state index contributed by atoms with van der Waals surface area (Å²) in [6.45, 7) is 3.91. The van der Waals surface area contributed by atoms with E-state index in [0.717, 1.165) is 16.7 Å². The van der Waals surface area contributed by atoms with Crippen LogP contribution in [0.3, 0.4) is 0 Å². The zero-order valence-corrected chi connectivity index (χ0v) is 15.9. The Labute approximate surface area is 160 Å². The minimum absolute atomic E-state index is 0.162. The van der Waals surface area contributed by atoms with Gasteiger partial charge in [0.05, 0.1) is 5.75 Å². The molecule has 3 aromatic rings. The molecule has 0 radical (unpaired) electrons. The van der Waals surface area contributed by atoms with E-state index in [1.54, 1.807) is 12.1 Å². The summed E-state index contributed by atoms with van der Waals surface area (Å²) >= 11 is 7.19. The average molecular weight is 388 g/mol. The van der Waals surface area contributed by atoms with Crippen molar-refractivity contribution in [3.05, 3.63) is 58.6 Å². The molecule has 0 aliphatic rings. The van der Waals surface area contributed by atoms with Gasteiger partial charge in [0.25, 0.3) is 0 Å². The Kier molecular flexibility index (Phi) is 5.49. The molecule has 0 bridgehead atoms. The summed E-state index contributed by atoms with van der Waals surface area (Å²) in [5.41, 5.74) is 3.62. The van der Waals surface area contributed by atoms with Gasteiger partial charge >= 0.3 is 0 Å². The van der Waals surface area contributed by atoms with Crippen LogP contribution in [0.25, 0.3) is 11.4 Å². The third kappa shape index (κ3) is 4.17. The molecular weight excluding hydrogens is 370 g/mol. The molecule has 0 fully saturated rings. The van der Waals surface area contributed by atoms with E-state index in [1.165, 1.54) is 16.4 Å². The van der Waals surface area contributed by atoms with Gasteiger partial charge in [0, 0.05) is 16.3 Å². The Morgan fingerprint density at radius 1 is 1.23 bits per heavy atom. The van der Waals surface area contributed by atoms with Crippen molar-refractivity contribution in [2.75, 3.05) is 16.9 Å². The van der Waals surface area contributed by atoms with Gasteiger partial charge in [0.15, 0.2) is 5.82 Å². The summed E-state index contributed by atoms with van der Waals surface area (Å²) in [6.07, 6.45) is 0. The number of nitrogen functional groups attached to an aromatic ring is 1. The first-order chi connectivity index (χ1) is 12.4. The van der Waals surface area contributed by atoms with Gasteiger partial charge < -0.3 is 11.2 Å². The Morgan fingerprint density at radius 2 is 2.04 bits per heavy atom. The molecule has 26 heavy (non-hydrogen) atoms. The van der Waals surface area contributed by atoms with Crippen LogP contribution in [0.1, 0.15) is 11.1 Å². The molecule has 0 saturated heterocycles. The molecule has 0 spiro atoms. The number of rotatable bonds is 5. The topological polar surface area (TPSA) is 85.8 Å². The quantitative estimate of drug-likeness (QED) is 0.515. The number of hydrogen-bond donors (Lipinski definition) is 2. The Bertz CT molecular complexity index is 957. The van der Waals surface area contributed by atoms with Gasteiger partial charge in [-0.2, -0.15) is 0 Å². The van der Waals surface area contributed by atoms with Crippen molar-refractivity contribution < 1.29 is 4.79 Å². The van der Waals surface area contributed by atoms with Gasteiger partial charge in [0.1, 0.15) is 0 Å². The highest BCUT2D eigenvalue weighted by molar-refractivity contribution is 7.99. The first kappa shape index (κ1) is 18.3. The third-order valence-corrected chi connectivity index (χ3v) is 4.93. The van der Waals surface area contributed by atoms with Crippen LogP contribution >= 0.6 is 23.4 Å². The number of aryl methyl sites for hydroxylation is 2. The number of carbonyl (C=O) groups excluding carboxylic acids is 1. The first-order valence-corrected chi connectivity index (χ1v) is 9.27. The summed E-state index contributed by atoms with van der Waals surface area (Å²) < 4.78 is 1.40. The highest BCUT2D eigenvalue weighted by Crippen LogP contribution is 2.23. The second-order valence-electron chi connectivity index (χ2n) is 5.84. The molecular formula is C18H18ClN5OS. The number of nitrogens with two attached hydrogens (primary N) is 1. The summed E-state index contributed by atoms with van der Waals surface area (Å²) in [4.78, 5) is 12.2. The normalized spacial score (nSPS) is 10.7. The second-order valence-corrected chi connectivity index (χ2v) is 7.22. The second kappa shape index (κ2) is 7.80. The molecule has 0 saturated carbocycles. The molecule has 1 aromatic heterocycles. The van der Waals surface area contributed by atoms with E-state index in [4.69, 9.17) is 17.4 Å². The molecule has 0 atom stereocenters. The maximum Gasteiger partial charge on any atom is 0.234 e. The lowest BCUT2D eigenvalue weighted by Crippen LogP contribution is -2.17. The van der Waals surface area contributed by atoms with Gasteiger partial charge in [0.2, 0.25) is 11.1 Å². The molecule has 0 aliphatic carbocycles. The number of hydrogen-bond acceptors (Lipinski definition) is 5. The summed E-state index contributed by atoms with van der Waals surface area (Å²) in [7, 11) is 0. The van der Waals surface area contributed by atoms with Crippen LogP contribution in [0.15, 0.2) is 47.6 Å². The van der Waals surface area contributed by atoms with Crippen molar-refractivity contribution >= 4 is 35.0 Å². The summed E-state index contributed by atoms with van der Waals surface area (Å²) in [5.74, 6) is 6.64. The zero-order chi connectivity index (χ0) is 18.7. The van der Waals surface area contributed by atoms with E-state index < -0.39 is 0 Å². The lowest BCUT2D eigenvalue weighted by atomic mass is 10.1. The largest absolute Gasteiger partial charge is 0.335 e. The van der Waals surface area contributed by atoms with E-state index in [-0.39, 0.29) is 11.7 Å². The van der Waals surface area contributed by atoms with Gasteiger partial charge in [-0.25, -0.2) is 4.68 Å². The smallest absolute Gasteiger partial charge is 0.234 e.